The van der Waals surface area contributed by atoms with Crippen molar-refractivity contribution in [2.24, 2.45) is 23.7 Å². The highest BCUT2D eigenvalue weighted by Crippen LogP contribution is 2.67. The Morgan fingerprint density at radius 3 is 1.93 bits per heavy atom. The van der Waals surface area contributed by atoms with E-state index < -0.39 is 5.60 Å². The van der Waals surface area contributed by atoms with E-state index >= 15 is 0 Å². The number of ether oxygens (including phenoxy) is 4. The first-order valence-corrected chi connectivity index (χ1v) is 20.9. The summed E-state index contributed by atoms with van der Waals surface area (Å²) in [5.41, 5.74) is 8.16. The number of fused-ring (bicyclic) bond motifs is 12. The topological polar surface area (TPSA) is 36.9 Å². The predicted octanol–water partition coefficient (Wildman–Crippen LogP) is 12.6. The summed E-state index contributed by atoms with van der Waals surface area (Å²) >= 11 is 1.89. The molecule has 2 aliphatic heterocycles. The molecule has 0 aromatic heterocycles. The molecule has 0 radical (unpaired) electrons. The van der Waals surface area contributed by atoms with E-state index in [2.05, 4.69) is 101 Å². The van der Waals surface area contributed by atoms with Crippen LogP contribution in [0.2, 0.25) is 0 Å². The molecule has 276 valence electrons. The maximum Gasteiger partial charge on any atom is 0.178 e. The first-order valence-electron chi connectivity index (χ1n) is 20.0. The van der Waals surface area contributed by atoms with Gasteiger partial charge < -0.3 is 18.9 Å². The van der Waals surface area contributed by atoms with Crippen LogP contribution in [0.4, 0.5) is 0 Å². The van der Waals surface area contributed by atoms with Gasteiger partial charge in [-0.1, -0.05) is 120 Å². The van der Waals surface area contributed by atoms with Gasteiger partial charge in [-0.15, -0.1) is 0 Å². The minimum Gasteiger partial charge on any atom is -0.497 e. The summed E-state index contributed by atoms with van der Waals surface area (Å²) in [6, 6.07) is 30.9. The second kappa shape index (κ2) is 12.3. The van der Waals surface area contributed by atoms with Crippen molar-refractivity contribution < 1.29 is 18.9 Å². The van der Waals surface area contributed by atoms with Crippen LogP contribution in [0.15, 0.2) is 95.9 Å². The largest absolute Gasteiger partial charge is 0.497 e. The van der Waals surface area contributed by atoms with Crippen LogP contribution < -0.4 is 18.9 Å². The molecule has 54 heavy (non-hydrogen) atoms. The first kappa shape index (κ1) is 34.2. The lowest BCUT2D eigenvalue weighted by Crippen LogP contribution is -2.40. The zero-order chi connectivity index (χ0) is 37.0. The van der Waals surface area contributed by atoms with Gasteiger partial charge in [0, 0.05) is 39.3 Å². The third-order valence-corrected chi connectivity index (χ3v) is 15.7. The SMILES string of the molecule is COc1ccc(C2(c3ccc(OC)cc3)C=Cc3c4c(c5cc6c(cc5c3O2)SC(C(C)C)(C(C)C)O6)-c2ccccc2C42CC3CCCCC3C2)cc1. The smallest absolute Gasteiger partial charge is 0.178 e. The monoisotopic (exact) mass is 734 g/mol. The van der Waals surface area contributed by atoms with Crippen molar-refractivity contribution in [2.45, 2.75) is 87.1 Å². The first-order chi connectivity index (χ1) is 26.2. The van der Waals surface area contributed by atoms with Gasteiger partial charge in [-0.05, 0) is 94.8 Å². The Morgan fingerprint density at radius 2 is 1.33 bits per heavy atom. The summed E-state index contributed by atoms with van der Waals surface area (Å²) in [5, 5.41) is 2.39. The fourth-order valence-corrected chi connectivity index (χ4v) is 12.5. The normalized spacial score (nSPS) is 23.8. The molecule has 0 amide bonds. The summed E-state index contributed by atoms with van der Waals surface area (Å²) in [7, 11) is 3.43. The zero-order valence-corrected chi connectivity index (χ0v) is 33.1. The second-order valence-corrected chi connectivity index (χ2v) is 18.3. The molecule has 1 spiro atoms. The van der Waals surface area contributed by atoms with E-state index in [4.69, 9.17) is 18.9 Å². The molecule has 0 N–H and O–H groups in total. The third-order valence-electron chi connectivity index (χ3n) is 13.8. The quantitative estimate of drug-likeness (QED) is 0.174. The molecule has 0 bridgehead atoms. The molecule has 2 fully saturated rings. The molecule has 5 aromatic carbocycles. The zero-order valence-electron chi connectivity index (χ0n) is 32.3. The van der Waals surface area contributed by atoms with Crippen molar-refractivity contribution in [3.8, 4) is 34.1 Å². The van der Waals surface area contributed by atoms with Gasteiger partial charge in [0.05, 0.1) is 19.1 Å². The molecule has 2 heterocycles. The maximum atomic E-state index is 7.79. The number of hydrogen-bond donors (Lipinski definition) is 0. The van der Waals surface area contributed by atoms with E-state index in [1.807, 2.05) is 36.0 Å². The average molecular weight is 735 g/mol. The predicted molar refractivity (Wildman–Crippen MR) is 220 cm³/mol. The van der Waals surface area contributed by atoms with Gasteiger partial charge in [0.2, 0.25) is 0 Å². The minimum atomic E-state index is -0.878. The van der Waals surface area contributed by atoms with Crippen LogP contribution in [0.25, 0.3) is 28.0 Å². The van der Waals surface area contributed by atoms with Gasteiger partial charge >= 0.3 is 0 Å². The summed E-state index contributed by atoms with van der Waals surface area (Å²) in [6.07, 6.45) is 12.5. The van der Waals surface area contributed by atoms with Crippen LogP contribution in [0, 0.1) is 23.7 Å². The fourth-order valence-electron chi connectivity index (χ4n) is 11.2. The van der Waals surface area contributed by atoms with E-state index in [1.165, 1.54) is 76.6 Å². The van der Waals surface area contributed by atoms with E-state index in [1.54, 1.807) is 14.2 Å². The lowest BCUT2D eigenvalue weighted by atomic mass is 9.72. The molecule has 4 nitrogen and oxygen atoms in total. The summed E-state index contributed by atoms with van der Waals surface area (Å²) < 4.78 is 26.1. The summed E-state index contributed by atoms with van der Waals surface area (Å²) in [6.45, 7) is 9.18. The Hall–Kier alpha value is -4.35. The second-order valence-electron chi connectivity index (χ2n) is 17.0. The van der Waals surface area contributed by atoms with Gasteiger partial charge in [0.1, 0.15) is 23.0 Å². The number of thioether (sulfide) groups is 1. The fraction of sp³-hybridized carbons (Fsp3) is 0.388. The lowest BCUT2D eigenvalue weighted by Gasteiger charge is -2.39. The highest BCUT2D eigenvalue weighted by atomic mass is 32.2. The van der Waals surface area contributed by atoms with Gasteiger partial charge in [-0.3, -0.25) is 0 Å². The van der Waals surface area contributed by atoms with Gasteiger partial charge in [0.25, 0.3) is 0 Å². The summed E-state index contributed by atoms with van der Waals surface area (Å²) in [5.74, 6) is 5.79. The molecule has 3 aliphatic carbocycles. The van der Waals surface area contributed by atoms with Crippen molar-refractivity contribution in [1.29, 1.82) is 0 Å². The molecule has 5 aromatic rings. The van der Waals surface area contributed by atoms with Crippen molar-refractivity contribution >= 4 is 28.6 Å². The minimum absolute atomic E-state index is 0.0496. The van der Waals surface area contributed by atoms with E-state index in [9.17, 15) is 0 Å². The lowest BCUT2D eigenvalue weighted by molar-refractivity contribution is 0.0757. The van der Waals surface area contributed by atoms with Crippen molar-refractivity contribution in [3.05, 3.63) is 119 Å². The Labute approximate surface area is 324 Å². The van der Waals surface area contributed by atoms with Crippen LogP contribution in [0.5, 0.6) is 23.0 Å². The highest BCUT2D eigenvalue weighted by molar-refractivity contribution is 8.01. The molecular formula is C49H50O4S. The molecule has 5 heteroatoms. The Bertz CT molecular complexity index is 2250. The van der Waals surface area contributed by atoms with Gasteiger partial charge in [-0.2, -0.15) is 0 Å². The number of rotatable bonds is 6. The number of methoxy groups -OCH3 is 2. The highest BCUT2D eigenvalue weighted by Gasteiger charge is 2.55. The van der Waals surface area contributed by atoms with E-state index in [-0.39, 0.29) is 10.3 Å². The van der Waals surface area contributed by atoms with Crippen molar-refractivity contribution in [2.75, 3.05) is 14.2 Å². The van der Waals surface area contributed by atoms with Crippen molar-refractivity contribution in [3.63, 3.8) is 0 Å². The van der Waals surface area contributed by atoms with E-state index in [0.717, 1.165) is 51.3 Å². The molecule has 2 atom stereocenters. The number of benzene rings is 5. The molecular weight excluding hydrogens is 685 g/mol. The average Bonchev–Trinajstić information content (AvgIpc) is 3.88. The molecule has 10 rings (SSSR count). The molecule has 2 saturated carbocycles. The van der Waals surface area contributed by atoms with Crippen LogP contribution in [0.1, 0.15) is 94.0 Å². The number of hydrogen-bond acceptors (Lipinski definition) is 5. The Kier molecular flexibility index (Phi) is 7.80. The molecule has 0 saturated heterocycles. The summed E-state index contributed by atoms with van der Waals surface area (Å²) in [4.78, 5) is 0.859. The van der Waals surface area contributed by atoms with E-state index in [0.29, 0.717) is 11.8 Å². The molecule has 2 unspecified atom stereocenters. The standard InChI is InChI=1S/C49H50O4S/c1-29(2)49(30(3)4)52-42-25-39-40(26-43(42)54-49)46-38(45-44(39)37-13-9-10-14-41(37)47(45)27-31-11-7-8-12-32(31)28-47)23-24-48(53-46,33-15-19-35(50-5)20-16-33)34-17-21-36(51-6)22-18-34/h9-10,13-26,29-32H,7-8,11-12,27-28H2,1-6H3. The Balaban J connectivity index is 1.27. The Morgan fingerprint density at radius 1 is 0.722 bits per heavy atom. The maximum absolute atomic E-state index is 7.79. The van der Waals surface area contributed by atoms with Crippen LogP contribution in [-0.4, -0.2) is 19.2 Å². The van der Waals surface area contributed by atoms with Crippen molar-refractivity contribution in [1.82, 2.24) is 0 Å². The van der Waals surface area contributed by atoms with Crippen LogP contribution in [-0.2, 0) is 11.0 Å². The van der Waals surface area contributed by atoms with Gasteiger partial charge in [-0.25, -0.2) is 0 Å². The molecule has 5 aliphatic rings. The van der Waals surface area contributed by atoms with Gasteiger partial charge in [0.15, 0.2) is 10.5 Å². The third kappa shape index (κ3) is 4.69. The van der Waals surface area contributed by atoms with Crippen LogP contribution in [0.3, 0.4) is 0 Å². The van der Waals surface area contributed by atoms with Crippen LogP contribution >= 0.6 is 11.8 Å².